The van der Waals surface area contributed by atoms with E-state index in [9.17, 15) is 8.78 Å². The van der Waals surface area contributed by atoms with E-state index in [1.165, 1.54) is 0 Å². The summed E-state index contributed by atoms with van der Waals surface area (Å²) in [6, 6.07) is 1.92. The van der Waals surface area contributed by atoms with Crippen molar-refractivity contribution in [2.45, 2.75) is 0 Å². The molecule has 1 N–H and O–H groups in total. The minimum atomic E-state index is -0.686. The summed E-state index contributed by atoms with van der Waals surface area (Å²) in [5, 5.41) is 9.08. The molecule has 0 bridgehead atoms. The second-order valence-corrected chi connectivity index (χ2v) is 4.64. The smallest absolute Gasteiger partial charge is 0.245 e. The van der Waals surface area contributed by atoms with E-state index in [4.69, 9.17) is 23.2 Å². The van der Waals surface area contributed by atoms with Crippen molar-refractivity contribution >= 4 is 50.6 Å². The zero-order valence-corrected chi connectivity index (χ0v) is 11.5. The summed E-state index contributed by atoms with van der Waals surface area (Å²) in [4.78, 5) is 3.71. The maximum atomic E-state index is 13.5. The van der Waals surface area contributed by atoms with Gasteiger partial charge in [0.15, 0.2) is 11.0 Å². The first kappa shape index (κ1) is 13.4. The zero-order chi connectivity index (χ0) is 13.3. The van der Waals surface area contributed by atoms with E-state index >= 15 is 0 Å². The van der Waals surface area contributed by atoms with Crippen molar-refractivity contribution in [3.05, 3.63) is 38.7 Å². The molecular weight excluding hydrogens is 353 g/mol. The van der Waals surface area contributed by atoms with Crippen LogP contribution in [0.25, 0.3) is 0 Å². The number of anilines is 2. The van der Waals surface area contributed by atoms with Gasteiger partial charge in [-0.25, -0.2) is 8.78 Å². The highest BCUT2D eigenvalue weighted by molar-refractivity contribution is 9.10. The summed E-state index contributed by atoms with van der Waals surface area (Å²) in [7, 11) is 0. The van der Waals surface area contributed by atoms with Crippen molar-refractivity contribution in [2.75, 3.05) is 5.32 Å². The first-order chi connectivity index (χ1) is 8.47. The van der Waals surface area contributed by atoms with Crippen molar-refractivity contribution in [3.63, 3.8) is 0 Å². The minimum Gasteiger partial charge on any atom is -0.335 e. The molecule has 0 radical (unpaired) electrons. The van der Waals surface area contributed by atoms with Crippen LogP contribution in [-0.4, -0.2) is 15.2 Å². The quantitative estimate of drug-likeness (QED) is 0.828. The fourth-order valence-electron chi connectivity index (χ4n) is 1.12. The average Bonchev–Trinajstić information content (AvgIpc) is 2.30. The summed E-state index contributed by atoms with van der Waals surface area (Å²) in [6.07, 6.45) is 0. The van der Waals surface area contributed by atoms with Gasteiger partial charge in [0.2, 0.25) is 5.28 Å². The number of hydrogen-bond acceptors (Lipinski definition) is 4. The number of rotatable bonds is 2. The molecule has 18 heavy (non-hydrogen) atoms. The normalized spacial score (nSPS) is 10.5. The second-order valence-electron chi connectivity index (χ2n) is 3.09. The van der Waals surface area contributed by atoms with E-state index in [1.807, 2.05) is 0 Å². The molecule has 0 aliphatic rings. The van der Waals surface area contributed by atoms with E-state index in [2.05, 4.69) is 36.4 Å². The lowest BCUT2D eigenvalue weighted by atomic mass is 10.3. The van der Waals surface area contributed by atoms with Gasteiger partial charge in [0.05, 0.1) is 10.2 Å². The van der Waals surface area contributed by atoms with Gasteiger partial charge in [-0.3, -0.25) is 0 Å². The maximum absolute atomic E-state index is 13.5. The van der Waals surface area contributed by atoms with Crippen LogP contribution in [-0.2, 0) is 0 Å². The molecule has 1 heterocycles. The summed E-state index contributed by atoms with van der Waals surface area (Å²) in [5.74, 6) is -1.34. The van der Waals surface area contributed by atoms with Gasteiger partial charge in [0.25, 0.3) is 0 Å². The van der Waals surface area contributed by atoms with E-state index in [0.29, 0.717) is 0 Å². The van der Waals surface area contributed by atoms with Gasteiger partial charge in [0.1, 0.15) is 11.6 Å². The largest absolute Gasteiger partial charge is 0.335 e. The highest BCUT2D eigenvalue weighted by Crippen LogP contribution is 2.27. The van der Waals surface area contributed by atoms with Crippen molar-refractivity contribution in [1.29, 1.82) is 0 Å². The Morgan fingerprint density at radius 2 is 1.83 bits per heavy atom. The van der Waals surface area contributed by atoms with Crippen LogP contribution >= 0.6 is 39.1 Å². The first-order valence-corrected chi connectivity index (χ1v) is 5.99. The Labute approximate surface area is 118 Å². The van der Waals surface area contributed by atoms with Crippen molar-refractivity contribution in [2.24, 2.45) is 0 Å². The molecule has 94 valence electrons. The maximum Gasteiger partial charge on any atom is 0.245 e. The number of halogens is 5. The number of hydrogen-bond donors (Lipinski definition) is 1. The molecule has 0 atom stereocenters. The van der Waals surface area contributed by atoms with E-state index in [1.54, 1.807) is 0 Å². The van der Waals surface area contributed by atoms with Crippen LogP contribution in [0.1, 0.15) is 0 Å². The van der Waals surface area contributed by atoms with Crippen LogP contribution in [0.3, 0.4) is 0 Å². The summed E-state index contributed by atoms with van der Waals surface area (Å²) < 4.78 is 26.8. The highest BCUT2D eigenvalue weighted by atomic mass is 79.9. The minimum absolute atomic E-state index is 0.00971. The fourth-order valence-corrected chi connectivity index (χ4v) is 1.68. The van der Waals surface area contributed by atoms with Crippen molar-refractivity contribution < 1.29 is 8.78 Å². The van der Waals surface area contributed by atoms with Crippen LogP contribution in [0.15, 0.2) is 16.6 Å². The lowest BCUT2D eigenvalue weighted by Gasteiger charge is -2.08. The molecule has 2 aromatic rings. The third-order valence-electron chi connectivity index (χ3n) is 1.88. The Hall–Kier alpha value is -1.05. The summed E-state index contributed by atoms with van der Waals surface area (Å²) in [5.41, 5.74) is -0.144. The van der Waals surface area contributed by atoms with Gasteiger partial charge in [-0.1, -0.05) is 11.6 Å². The third-order valence-corrected chi connectivity index (χ3v) is 2.91. The molecule has 0 unspecified atom stereocenters. The number of aromatic nitrogens is 3. The number of nitrogens with one attached hydrogen (secondary N) is 1. The van der Waals surface area contributed by atoms with Crippen LogP contribution in [0.4, 0.5) is 20.3 Å². The highest BCUT2D eigenvalue weighted by Gasteiger charge is 2.12. The summed E-state index contributed by atoms with van der Waals surface area (Å²) in [6.45, 7) is 0. The topological polar surface area (TPSA) is 50.7 Å². The van der Waals surface area contributed by atoms with Gasteiger partial charge in [-0.05, 0) is 33.6 Å². The molecule has 0 aliphatic carbocycles. The molecule has 2 rings (SSSR count). The Morgan fingerprint density at radius 3 is 2.56 bits per heavy atom. The molecule has 1 aromatic carbocycles. The first-order valence-electron chi connectivity index (χ1n) is 4.44. The Kier molecular flexibility index (Phi) is 3.94. The monoisotopic (exact) mass is 354 g/mol. The van der Waals surface area contributed by atoms with Crippen LogP contribution in [0.2, 0.25) is 10.4 Å². The van der Waals surface area contributed by atoms with Gasteiger partial charge in [-0.2, -0.15) is 4.98 Å². The lowest BCUT2D eigenvalue weighted by molar-refractivity contribution is 0.597. The molecule has 1 aromatic heterocycles. The molecule has 9 heteroatoms. The predicted octanol–water partition coefficient (Wildman–Crippen LogP) is 3.96. The molecule has 0 spiro atoms. The fraction of sp³-hybridized carbons (Fsp3) is 0. The standard InChI is InChI=1S/C9H3BrCl2F2N4/c10-3-1-5(14)6(2-4(3)13)15-8-7(11)17-18-9(12)16-8/h1-2H,(H,15,16,18). The summed E-state index contributed by atoms with van der Waals surface area (Å²) >= 11 is 14.1. The van der Waals surface area contributed by atoms with Crippen LogP contribution in [0, 0.1) is 11.6 Å². The Balaban J connectivity index is 2.40. The van der Waals surface area contributed by atoms with Gasteiger partial charge in [-0.15, -0.1) is 10.2 Å². The van der Waals surface area contributed by atoms with Gasteiger partial charge < -0.3 is 5.32 Å². The van der Waals surface area contributed by atoms with E-state index in [0.717, 1.165) is 12.1 Å². The van der Waals surface area contributed by atoms with Gasteiger partial charge >= 0.3 is 0 Å². The van der Waals surface area contributed by atoms with Crippen molar-refractivity contribution in [1.82, 2.24) is 15.2 Å². The molecule has 0 amide bonds. The third kappa shape index (κ3) is 2.85. The number of benzene rings is 1. The Morgan fingerprint density at radius 1 is 1.11 bits per heavy atom. The zero-order valence-electron chi connectivity index (χ0n) is 8.39. The average molecular weight is 356 g/mol. The number of nitrogens with zero attached hydrogens (tertiary/aromatic N) is 3. The Bertz CT molecular complexity index is 611. The van der Waals surface area contributed by atoms with Crippen LogP contribution < -0.4 is 5.32 Å². The molecule has 0 fully saturated rings. The van der Waals surface area contributed by atoms with E-state index in [-0.39, 0.29) is 26.4 Å². The lowest BCUT2D eigenvalue weighted by Crippen LogP contribution is -2.01. The molecular formula is C9H3BrCl2F2N4. The van der Waals surface area contributed by atoms with Crippen LogP contribution in [0.5, 0.6) is 0 Å². The molecule has 4 nitrogen and oxygen atoms in total. The van der Waals surface area contributed by atoms with Gasteiger partial charge in [0, 0.05) is 6.07 Å². The molecule has 0 saturated carbocycles. The molecule has 0 saturated heterocycles. The predicted molar refractivity (Wildman–Crippen MR) is 67.2 cm³/mol. The molecule has 0 aliphatic heterocycles. The SMILES string of the molecule is Fc1cc(Nc2nc(Cl)nnc2Cl)c(F)cc1Br. The van der Waals surface area contributed by atoms with E-state index < -0.39 is 11.6 Å². The second kappa shape index (κ2) is 5.29. The van der Waals surface area contributed by atoms with Crippen molar-refractivity contribution in [3.8, 4) is 0 Å².